The summed E-state index contributed by atoms with van der Waals surface area (Å²) in [6.45, 7) is 4.24. The van der Waals surface area contributed by atoms with E-state index in [1.807, 2.05) is 31.7 Å². The number of aryl methyl sites for hydroxylation is 1. The van der Waals surface area contributed by atoms with Gasteiger partial charge in [-0.05, 0) is 13.8 Å². The van der Waals surface area contributed by atoms with E-state index in [0.29, 0.717) is 6.54 Å². The fourth-order valence-corrected chi connectivity index (χ4v) is 1.05. The molecule has 0 saturated carbocycles. The van der Waals surface area contributed by atoms with Crippen molar-refractivity contribution in [2.75, 3.05) is 0 Å². The van der Waals surface area contributed by atoms with Crippen LogP contribution < -0.4 is 5.32 Å². The second-order valence-corrected chi connectivity index (χ2v) is 3.39. The molecule has 0 unspecified atom stereocenters. The molecular weight excluding hydrogens is 178 g/mol. The van der Waals surface area contributed by atoms with E-state index < -0.39 is 0 Å². The van der Waals surface area contributed by atoms with E-state index in [0.717, 1.165) is 11.4 Å². The van der Waals surface area contributed by atoms with Crippen LogP contribution in [0.4, 0.5) is 0 Å². The van der Waals surface area contributed by atoms with Crippen LogP contribution in [0.1, 0.15) is 19.7 Å². The number of hydrogen-bond donors (Lipinski definition) is 1. The van der Waals surface area contributed by atoms with E-state index in [2.05, 4.69) is 10.3 Å². The number of allylic oxidation sites excluding steroid dienone is 1. The predicted octanol–water partition coefficient (Wildman–Crippen LogP) is 1.00. The summed E-state index contributed by atoms with van der Waals surface area (Å²) in [7, 11) is 1.90. The van der Waals surface area contributed by atoms with Gasteiger partial charge in [-0.15, -0.1) is 0 Å². The summed E-state index contributed by atoms with van der Waals surface area (Å²) in [6, 6.07) is 0. The van der Waals surface area contributed by atoms with Gasteiger partial charge in [0.15, 0.2) is 0 Å². The smallest absolute Gasteiger partial charge is 0.244 e. The van der Waals surface area contributed by atoms with Crippen LogP contribution in [0.15, 0.2) is 24.0 Å². The van der Waals surface area contributed by atoms with Gasteiger partial charge in [-0.2, -0.15) is 0 Å². The van der Waals surface area contributed by atoms with Gasteiger partial charge in [-0.25, -0.2) is 4.98 Å². The van der Waals surface area contributed by atoms with Crippen molar-refractivity contribution >= 4 is 5.91 Å². The molecule has 1 N–H and O–H groups in total. The van der Waals surface area contributed by atoms with Crippen molar-refractivity contribution in [3.05, 3.63) is 29.9 Å². The van der Waals surface area contributed by atoms with Crippen molar-refractivity contribution in [2.24, 2.45) is 7.05 Å². The maximum Gasteiger partial charge on any atom is 0.244 e. The quantitative estimate of drug-likeness (QED) is 0.728. The van der Waals surface area contributed by atoms with Gasteiger partial charge in [0.1, 0.15) is 5.82 Å². The molecule has 0 aromatic carbocycles. The molecule has 0 saturated heterocycles. The minimum atomic E-state index is -0.0759. The topological polar surface area (TPSA) is 46.9 Å². The molecule has 0 atom stereocenters. The number of carbonyl (C=O) groups excluding carboxylic acids is 1. The Morgan fingerprint density at radius 1 is 1.64 bits per heavy atom. The number of amides is 1. The Balaban J connectivity index is 2.46. The van der Waals surface area contributed by atoms with Gasteiger partial charge in [-0.1, -0.05) is 5.57 Å². The van der Waals surface area contributed by atoms with Crippen molar-refractivity contribution in [1.82, 2.24) is 14.9 Å². The van der Waals surface area contributed by atoms with E-state index in [4.69, 9.17) is 0 Å². The molecule has 0 bridgehead atoms. The second-order valence-electron chi connectivity index (χ2n) is 3.39. The van der Waals surface area contributed by atoms with Crippen LogP contribution >= 0.6 is 0 Å². The van der Waals surface area contributed by atoms with Crippen LogP contribution in [0.25, 0.3) is 0 Å². The first-order valence-corrected chi connectivity index (χ1v) is 4.48. The highest BCUT2D eigenvalue weighted by Crippen LogP contribution is 1.93. The average molecular weight is 193 g/mol. The maximum absolute atomic E-state index is 11.2. The minimum absolute atomic E-state index is 0.0759. The van der Waals surface area contributed by atoms with Crippen LogP contribution in [0.2, 0.25) is 0 Å². The molecular formula is C10H15N3O. The third-order valence-electron chi connectivity index (χ3n) is 1.76. The van der Waals surface area contributed by atoms with E-state index in [1.165, 1.54) is 0 Å². The Labute approximate surface area is 83.6 Å². The molecule has 14 heavy (non-hydrogen) atoms. The lowest BCUT2D eigenvalue weighted by Crippen LogP contribution is -2.22. The standard InChI is InChI=1S/C10H15N3O/c1-8(2)6-10(14)12-7-9-11-4-5-13(9)3/h4-6H,7H2,1-3H3,(H,12,14). The second kappa shape index (κ2) is 4.60. The van der Waals surface area contributed by atoms with Crippen LogP contribution in [-0.2, 0) is 18.4 Å². The highest BCUT2D eigenvalue weighted by atomic mass is 16.1. The molecule has 1 rings (SSSR count). The van der Waals surface area contributed by atoms with Crippen molar-refractivity contribution in [1.29, 1.82) is 0 Å². The number of imidazole rings is 1. The summed E-state index contributed by atoms with van der Waals surface area (Å²) in [4.78, 5) is 15.3. The molecule has 4 heteroatoms. The highest BCUT2D eigenvalue weighted by Gasteiger charge is 2.00. The van der Waals surface area contributed by atoms with Crippen LogP contribution in [0.3, 0.4) is 0 Å². The molecule has 1 aromatic heterocycles. The highest BCUT2D eigenvalue weighted by molar-refractivity contribution is 5.87. The van der Waals surface area contributed by atoms with Crippen molar-refractivity contribution in [3.8, 4) is 0 Å². The normalized spacial score (nSPS) is 9.64. The lowest BCUT2D eigenvalue weighted by atomic mass is 10.3. The number of carbonyl (C=O) groups is 1. The largest absolute Gasteiger partial charge is 0.345 e. The molecule has 1 aromatic rings. The molecule has 0 aliphatic rings. The summed E-state index contributed by atoms with van der Waals surface area (Å²) >= 11 is 0. The lowest BCUT2D eigenvalue weighted by molar-refractivity contribution is -0.116. The Hall–Kier alpha value is -1.58. The molecule has 0 aliphatic carbocycles. The summed E-state index contributed by atoms with van der Waals surface area (Å²) in [6.07, 6.45) is 5.13. The van der Waals surface area contributed by atoms with Crippen molar-refractivity contribution in [3.63, 3.8) is 0 Å². The van der Waals surface area contributed by atoms with Crippen molar-refractivity contribution in [2.45, 2.75) is 20.4 Å². The van der Waals surface area contributed by atoms with E-state index in [9.17, 15) is 4.79 Å². The lowest BCUT2D eigenvalue weighted by Gasteiger charge is -2.02. The first-order valence-electron chi connectivity index (χ1n) is 4.48. The van der Waals surface area contributed by atoms with Gasteiger partial charge in [0, 0.05) is 25.5 Å². The molecule has 0 spiro atoms. The zero-order valence-electron chi connectivity index (χ0n) is 8.74. The Morgan fingerprint density at radius 3 is 2.86 bits per heavy atom. The van der Waals surface area contributed by atoms with Gasteiger partial charge >= 0.3 is 0 Å². The summed E-state index contributed by atoms with van der Waals surface area (Å²) in [5.74, 6) is 0.772. The summed E-state index contributed by atoms with van der Waals surface area (Å²) < 4.78 is 1.88. The number of aromatic nitrogens is 2. The molecule has 1 amide bonds. The van der Waals surface area contributed by atoms with E-state index >= 15 is 0 Å². The zero-order chi connectivity index (χ0) is 10.6. The fraction of sp³-hybridized carbons (Fsp3) is 0.400. The van der Waals surface area contributed by atoms with Gasteiger partial charge in [0.05, 0.1) is 6.54 Å². The third kappa shape index (κ3) is 3.05. The summed E-state index contributed by atoms with van der Waals surface area (Å²) in [5, 5.41) is 2.76. The van der Waals surface area contributed by atoms with Gasteiger partial charge in [0.2, 0.25) is 5.91 Å². The number of hydrogen-bond acceptors (Lipinski definition) is 2. The third-order valence-corrected chi connectivity index (χ3v) is 1.76. The van der Waals surface area contributed by atoms with Crippen molar-refractivity contribution < 1.29 is 4.79 Å². The fourth-order valence-electron chi connectivity index (χ4n) is 1.05. The van der Waals surface area contributed by atoms with Gasteiger partial charge in [-0.3, -0.25) is 4.79 Å². The first kappa shape index (κ1) is 10.5. The average Bonchev–Trinajstić information content (AvgIpc) is 2.46. The first-order chi connectivity index (χ1) is 6.59. The van der Waals surface area contributed by atoms with Crippen LogP contribution in [-0.4, -0.2) is 15.5 Å². The number of rotatable bonds is 3. The molecule has 0 fully saturated rings. The molecule has 4 nitrogen and oxygen atoms in total. The zero-order valence-corrected chi connectivity index (χ0v) is 8.74. The van der Waals surface area contributed by atoms with Gasteiger partial charge in [0.25, 0.3) is 0 Å². The number of nitrogens with one attached hydrogen (secondary N) is 1. The summed E-state index contributed by atoms with van der Waals surface area (Å²) in [5.41, 5.74) is 0.988. The Kier molecular flexibility index (Phi) is 3.45. The van der Waals surface area contributed by atoms with Crippen LogP contribution in [0, 0.1) is 0 Å². The molecule has 76 valence electrons. The van der Waals surface area contributed by atoms with E-state index in [-0.39, 0.29) is 5.91 Å². The maximum atomic E-state index is 11.2. The monoisotopic (exact) mass is 193 g/mol. The van der Waals surface area contributed by atoms with Gasteiger partial charge < -0.3 is 9.88 Å². The Bertz CT molecular complexity index is 348. The minimum Gasteiger partial charge on any atom is -0.345 e. The SMILES string of the molecule is CC(C)=CC(=O)NCc1nccn1C. The molecule has 0 radical (unpaired) electrons. The van der Waals surface area contributed by atoms with E-state index in [1.54, 1.807) is 12.3 Å². The molecule has 0 aliphatic heterocycles. The Morgan fingerprint density at radius 2 is 2.36 bits per heavy atom. The predicted molar refractivity (Wildman–Crippen MR) is 54.5 cm³/mol. The molecule has 1 heterocycles. The number of nitrogens with zero attached hydrogens (tertiary/aromatic N) is 2. The van der Waals surface area contributed by atoms with Crippen LogP contribution in [0.5, 0.6) is 0 Å².